The largest absolute Gasteiger partial charge is 0.343 e. The van der Waals surface area contributed by atoms with Crippen molar-refractivity contribution < 1.29 is 23.2 Å². The van der Waals surface area contributed by atoms with Crippen molar-refractivity contribution in [1.82, 2.24) is 10.6 Å². The molecule has 0 radical (unpaired) electrons. The van der Waals surface area contributed by atoms with Gasteiger partial charge >= 0.3 is 6.03 Å². The van der Waals surface area contributed by atoms with E-state index in [1.54, 1.807) is 29.2 Å². The van der Waals surface area contributed by atoms with Crippen molar-refractivity contribution in [2.24, 2.45) is 0 Å². The maximum Gasteiger partial charge on any atom is 0.321 e. The number of halogens is 2. The monoisotopic (exact) mass is 374 g/mol. The first-order chi connectivity index (χ1) is 12.9. The van der Waals surface area contributed by atoms with Crippen LogP contribution in [0, 0.1) is 11.6 Å². The van der Waals surface area contributed by atoms with Crippen molar-refractivity contribution in [2.45, 2.75) is 0 Å². The number of nitrogens with zero attached hydrogens (tertiary/aromatic N) is 1. The van der Waals surface area contributed by atoms with E-state index in [1.807, 2.05) is 0 Å². The van der Waals surface area contributed by atoms with E-state index in [-0.39, 0.29) is 18.1 Å². The van der Waals surface area contributed by atoms with Crippen LogP contribution in [-0.2, 0) is 4.79 Å². The summed E-state index contributed by atoms with van der Waals surface area (Å²) in [5.74, 6) is -3.14. The van der Waals surface area contributed by atoms with Gasteiger partial charge in [-0.2, -0.15) is 0 Å². The molecule has 1 saturated heterocycles. The highest BCUT2D eigenvalue weighted by atomic mass is 19.1. The van der Waals surface area contributed by atoms with Crippen molar-refractivity contribution in [2.75, 3.05) is 29.9 Å². The van der Waals surface area contributed by atoms with Gasteiger partial charge in [0.15, 0.2) is 0 Å². The standard InChI is InChI=1S/C18H16F2N4O3/c19-11-1-6-14(15(20)9-11)17(26)22-10-16(25)23-12-2-4-13(5-3-12)24-8-7-21-18(24)27/h1-6,9H,7-8,10H2,(H,21,27)(H,22,26)(H,23,25). The third-order valence-electron chi connectivity index (χ3n) is 3.90. The molecule has 0 spiro atoms. The number of urea groups is 1. The van der Waals surface area contributed by atoms with Gasteiger partial charge < -0.3 is 16.0 Å². The Morgan fingerprint density at radius 1 is 1.11 bits per heavy atom. The second kappa shape index (κ2) is 7.81. The summed E-state index contributed by atoms with van der Waals surface area (Å²) in [5.41, 5.74) is 0.825. The summed E-state index contributed by atoms with van der Waals surface area (Å²) in [4.78, 5) is 37.0. The summed E-state index contributed by atoms with van der Waals surface area (Å²) in [6.07, 6.45) is 0. The van der Waals surface area contributed by atoms with Gasteiger partial charge in [-0.15, -0.1) is 0 Å². The topological polar surface area (TPSA) is 90.5 Å². The first-order valence-corrected chi connectivity index (χ1v) is 8.12. The Labute approximate surface area is 153 Å². The Morgan fingerprint density at radius 3 is 2.48 bits per heavy atom. The highest BCUT2D eigenvalue weighted by molar-refractivity contribution is 5.99. The van der Waals surface area contributed by atoms with Gasteiger partial charge in [0.25, 0.3) is 5.91 Å². The second-order valence-electron chi connectivity index (χ2n) is 5.79. The molecule has 9 heteroatoms. The molecule has 140 valence electrons. The molecule has 4 amide bonds. The number of nitrogens with one attached hydrogen (secondary N) is 3. The molecular weight excluding hydrogens is 358 g/mol. The van der Waals surface area contributed by atoms with Crippen molar-refractivity contribution in [3.05, 3.63) is 59.7 Å². The normalized spacial score (nSPS) is 13.3. The van der Waals surface area contributed by atoms with Crippen LogP contribution in [0.5, 0.6) is 0 Å². The fourth-order valence-corrected chi connectivity index (χ4v) is 2.58. The zero-order valence-corrected chi connectivity index (χ0v) is 14.1. The summed E-state index contributed by atoms with van der Waals surface area (Å²) in [6.45, 7) is 0.758. The van der Waals surface area contributed by atoms with E-state index in [9.17, 15) is 23.2 Å². The lowest BCUT2D eigenvalue weighted by Gasteiger charge is -2.14. The van der Waals surface area contributed by atoms with Crippen LogP contribution in [-0.4, -0.2) is 37.5 Å². The van der Waals surface area contributed by atoms with Gasteiger partial charge in [0, 0.05) is 30.5 Å². The first-order valence-electron chi connectivity index (χ1n) is 8.12. The Balaban J connectivity index is 1.53. The van der Waals surface area contributed by atoms with E-state index in [0.29, 0.717) is 30.5 Å². The van der Waals surface area contributed by atoms with E-state index >= 15 is 0 Å². The summed E-state index contributed by atoms with van der Waals surface area (Å²) >= 11 is 0. The summed E-state index contributed by atoms with van der Waals surface area (Å²) in [7, 11) is 0. The van der Waals surface area contributed by atoms with Crippen LogP contribution in [0.15, 0.2) is 42.5 Å². The van der Waals surface area contributed by atoms with E-state index < -0.39 is 23.4 Å². The van der Waals surface area contributed by atoms with Gasteiger partial charge in [0.2, 0.25) is 5.91 Å². The van der Waals surface area contributed by atoms with Gasteiger partial charge in [-0.25, -0.2) is 13.6 Å². The molecule has 0 aliphatic carbocycles. The number of rotatable bonds is 5. The Bertz CT molecular complexity index is 887. The average Bonchev–Trinajstić information content (AvgIpc) is 3.06. The third-order valence-corrected chi connectivity index (χ3v) is 3.90. The Kier molecular flexibility index (Phi) is 5.30. The zero-order valence-electron chi connectivity index (χ0n) is 14.1. The fraction of sp³-hybridized carbons (Fsp3) is 0.167. The van der Waals surface area contributed by atoms with Crippen LogP contribution >= 0.6 is 0 Å². The minimum absolute atomic E-state index is 0.178. The van der Waals surface area contributed by atoms with Gasteiger partial charge in [0.1, 0.15) is 11.6 Å². The molecule has 1 heterocycles. The van der Waals surface area contributed by atoms with E-state index in [4.69, 9.17) is 0 Å². The van der Waals surface area contributed by atoms with Gasteiger partial charge in [-0.1, -0.05) is 0 Å². The maximum absolute atomic E-state index is 13.5. The number of carbonyl (C=O) groups is 3. The fourth-order valence-electron chi connectivity index (χ4n) is 2.58. The lowest BCUT2D eigenvalue weighted by molar-refractivity contribution is -0.115. The Hall–Kier alpha value is -3.49. The second-order valence-corrected chi connectivity index (χ2v) is 5.79. The molecule has 2 aromatic carbocycles. The molecule has 1 aliphatic rings. The number of hydrogen-bond donors (Lipinski definition) is 3. The number of anilines is 2. The predicted molar refractivity (Wildman–Crippen MR) is 94.5 cm³/mol. The van der Waals surface area contributed by atoms with Gasteiger partial charge in [0.05, 0.1) is 12.1 Å². The van der Waals surface area contributed by atoms with Crippen LogP contribution in [0.25, 0.3) is 0 Å². The molecule has 7 nitrogen and oxygen atoms in total. The van der Waals surface area contributed by atoms with Crippen molar-refractivity contribution in [3.63, 3.8) is 0 Å². The average molecular weight is 374 g/mol. The van der Waals surface area contributed by atoms with Gasteiger partial charge in [-0.05, 0) is 36.4 Å². The van der Waals surface area contributed by atoms with Crippen LogP contribution in [0.2, 0.25) is 0 Å². The minimum Gasteiger partial charge on any atom is -0.343 e. The molecule has 2 aromatic rings. The number of carbonyl (C=O) groups excluding carboxylic acids is 3. The predicted octanol–water partition coefficient (Wildman–Crippen LogP) is 1.86. The SMILES string of the molecule is O=C(CNC(=O)c1ccc(F)cc1F)Nc1ccc(N2CCNC2=O)cc1. The molecule has 0 unspecified atom stereocenters. The van der Waals surface area contributed by atoms with Crippen LogP contribution in [0.4, 0.5) is 25.0 Å². The third kappa shape index (κ3) is 4.38. The molecule has 1 fully saturated rings. The molecular formula is C18H16F2N4O3. The molecule has 3 rings (SSSR count). The molecule has 3 N–H and O–H groups in total. The van der Waals surface area contributed by atoms with E-state index in [1.165, 1.54) is 0 Å². The van der Waals surface area contributed by atoms with E-state index in [0.717, 1.165) is 12.1 Å². The quantitative estimate of drug-likeness (QED) is 0.746. The molecule has 0 saturated carbocycles. The molecule has 27 heavy (non-hydrogen) atoms. The molecule has 0 aromatic heterocycles. The van der Waals surface area contributed by atoms with Crippen LogP contribution in [0.3, 0.4) is 0 Å². The van der Waals surface area contributed by atoms with Gasteiger partial charge in [-0.3, -0.25) is 14.5 Å². The molecule has 0 atom stereocenters. The van der Waals surface area contributed by atoms with Crippen LogP contribution < -0.4 is 20.9 Å². The highest BCUT2D eigenvalue weighted by Gasteiger charge is 2.20. The highest BCUT2D eigenvalue weighted by Crippen LogP contribution is 2.19. The Morgan fingerprint density at radius 2 is 1.85 bits per heavy atom. The minimum atomic E-state index is -1.01. The lowest BCUT2D eigenvalue weighted by atomic mass is 10.2. The molecule has 0 bridgehead atoms. The lowest BCUT2D eigenvalue weighted by Crippen LogP contribution is -2.33. The van der Waals surface area contributed by atoms with Crippen LogP contribution in [0.1, 0.15) is 10.4 Å². The summed E-state index contributed by atoms with van der Waals surface area (Å²) in [5, 5.41) is 7.53. The molecule has 1 aliphatic heterocycles. The summed E-state index contributed by atoms with van der Waals surface area (Å²) in [6, 6.07) is 9.01. The maximum atomic E-state index is 13.5. The first kappa shape index (κ1) is 18.3. The van der Waals surface area contributed by atoms with E-state index in [2.05, 4.69) is 16.0 Å². The smallest absolute Gasteiger partial charge is 0.321 e. The van der Waals surface area contributed by atoms with Crippen molar-refractivity contribution in [1.29, 1.82) is 0 Å². The van der Waals surface area contributed by atoms with Crippen molar-refractivity contribution >= 4 is 29.2 Å². The number of benzene rings is 2. The van der Waals surface area contributed by atoms with Crippen molar-refractivity contribution in [3.8, 4) is 0 Å². The zero-order chi connectivity index (χ0) is 19.4. The number of amides is 4. The number of hydrogen-bond acceptors (Lipinski definition) is 3. The summed E-state index contributed by atoms with van der Waals surface area (Å²) < 4.78 is 26.4.